The first kappa shape index (κ1) is 16.6. The molecule has 3 N–H and O–H groups in total. The molecule has 6 nitrogen and oxygen atoms in total. The van der Waals surface area contributed by atoms with Crippen LogP contribution in [0.2, 0.25) is 0 Å². The van der Waals surface area contributed by atoms with Gasteiger partial charge in [-0.2, -0.15) is 13.2 Å². The summed E-state index contributed by atoms with van der Waals surface area (Å²) in [6.45, 7) is 0. The number of sulfone groups is 1. The first-order valence-electron chi connectivity index (χ1n) is 4.95. The van der Waals surface area contributed by atoms with E-state index >= 15 is 0 Å². The number of hydrogen-bond donors (Lipinski definition) is 2. The largest absolute Gasteiger partial charge is 0.416 e. The van der Waals surface area contributed by atoms with E-state index in [9.17, 15) is 30.0 Å². The van der Waals surface area contributed by atoms with Crippen molar-refractivity contribution in [2.45, 2.75) is 6.18 Å². The van der Waals surface area contributed by atoms with E-state index in [4.69, 9.17) is 5.73 Å². The monoisotopic (exact) mass is 332 g/mol. The zero-order valence-electron chi connectivity index (χ0n) is 10.1. The van der Waals surface area contributed by atoms with Crippen LogP contribution in [0.15, 0.2) is 18.2 Å². The number of nitrogens with two attached hydrogens (primary N) is 1. The molecule has 0 amide bonds. The third-order valence-electron chi connectivity index (χ3n) is 2.01. The van der Waals surface area contributed by atoms with Crippen molar-refractivity contribution in [2.24, 2.45) is 0 Å². The number of hydrogen-bond acceptors (Lipinski definition) is 5. The van der Waals surface area contributed by atoms with Crippen LogP contribution in [-0.2, 0) is 26.0 Å². The van der Waals surface area contributed by atoms with Crippen LogP contribution in [0.5, 0.6) is 0 Å². The van der Waals surface area contributed by atoms with Gasteiger partial charge in [0, 0.05) is 6.26 Å². The van der Waals surface area contributed by atoms with Crippen LogP contribution in [0.3, 0.4) is 0 Å². The Balaban J connectivity index is 3.06. The molecule has 20 heavy (non-hydrogen) atoms. The second-order valence-electron chi connectivity index (χ2n) is 4.06. The molecule has 1 aromatic rings. The summed E-state index contributed by atoms with van der Waals surface area (Å²) in [7, 11) is -8.08. The molecule has 0 unspecified atom stereocenters. The second kappa shape index (κ2) is 5.13. The normalized spacial score (nSPS) is 13.2. The molecule has 11 heteroatoms. The topological polar surface area (TPSA) is 106 Å². The highest BCUT2D eigenvalue weighted by atomic mass is 32.3. The van der Waals surface area contributed by atoms with Crippen LogP contribution < -0.4 is 10.5 Å². The Labute approximate surface area is 113 Å². The molecule has 1 aromatic carbocycles. The van der Waals surface area contributed by atoms with E-state index in [0.717, 1.165) is 6.07 Å². The quantitative estimate of drug-likeness (QED) is 0.801. The van der Waals surface area contributed by atoms with E-state index in [-0.39, 0.29) is 5.69 Å². The molecule has 0 heterocycles. The van der Waals surface area contributed by atoms with Crippen LogP contribution in [0.25, 0.3) is 0 Å². The summed E-state index contributed by atoms with van der Waals surface area (Å²) in [5, 5.41) is -1.19. The van der Waals surface area contributed by atoms with Crippen molar-refractivity contribution in [1.29, 1.82) is 0 Å². The molecule has 0 saturated heterocycles. The SMILES string of the molecule is CS(=O)(=O)CS(=O)(=O)Nc1ccc(C(F)(F)F)cc1N. The van der Waals surface area contributed by atoms with E-state index in [1.54, 1.807) is 0 Å². The summed E-state index contributed by atoms with van der Waals surface area (Å²) in [6.07, 6.45) is -3.90. The molecule has 114 valence electrons. The van der Waals surface area contributed by atoms with Gasteiger partial charge in [-0.05, 0) is 18.2 Å². The number of alkyl halides is 3. The summed E-state index contributed by atoms with van der Waals surface area (Å²) >= 11 is 0. The molecule has 0 aromatic heterocycles. The van der Waals surface area contributed by atoms with Gasteiger partial charge in [-0.25, -0.2) is 16.8 Å². The summed E-state index contributed by atoms with van der Waals surface area (Å²) in [5.41, 5.74) is 3.49. The highest BCUT2D eigenvalue weighted by molar-refractivity contribution is 8.08. The van der Waals surface area contributed by atoms with Gasteiger partial charge in [0.25, 0.3) is 0 Å². The molecule has 0 saturated carbocycles. The lowest BCUT2D eigenvalue weighted by Gasteiger charge is -2.12. The molecule has 1 rings (SSSR count). The number of rotatable bonds is 4. The van der Waals surface area contributed by atoms with E-state index in [0.29, 0.717) is 18.4 Å². The van der Waals surface area contributed by atoms with E-state index in [1.807, 2.05) is 4.72 Å². The maximum absolute atomic E-state index is 12.4. The van der Waals surface area contributed by atoms with Crippen LogP contribution >= 0.6 is 0 Å². The average molecular weight is 332 g/mol. The first-order chi connectivity index (χ1) is 8.80. The number of benzene rings is 1. The lowest BCUT2D eigenvalue weighted by molar-refractivity contribution is -0.137. The van der Waals surface area contributed by atoms with E-state index < -0.39 is 42.4 Å². The maximum Gasteiger partial charge on any atom is 0.416 e. The van der Waals surface area contributed by atoms with Crippen LogP contribution in [-0.4, -0.2) is 28.2 Å². The van der Waals surface area contributed by atoms with Crippen LogP contribution in [0.4, 0.5) is 24.5 Å². The molecule has 0 fully saturated rings. The lowest BCUT2D eigenvalue weighted by atomic mass is 10.2. The molecule has 0 aliphatic heterocycles. The number of nitrogen functional groups attached to an aromatic ring is 1. The van der Waals surface area contributed by atoms with Crippen molar-refractivity contribution in [3.63, 3.8) is 0 Å². The van der Waals surface area contributed by atoms with Crippen LogP contribution in [0.1, 0.15) is 5.56 Å². The fourth-order valence-corrected chi connectivity index (χ4v) is 4.32. The fourth-order valence-electron chi connectivity index (χ4n) is 1.31. The smallest absolute Gasteiger partial charge is 0.397 e. The number of nitrogens with one attached hydrogen (secondary N) is 1. The molecular weight excluding hydrogens is 321 g/mol. The Bertz CT molecular complexity index is 711. The summed E-state index contributed by atoms with van der Waals surface area (Å²) in [6, 6.07) is 2.00. The van der Waals surface area contributed by atoms with Crippen molar-refractivity contribution in [2.75, 3.05) is 21.8 Å². The van der Waals surface area contributed by atoms with Gasteiger partial charge in [0.15, 0.2) is 14.9 Å². The Morgan fingerprint density at radius 1 is 1.20 bits per heavy atom. The van der Waals surface area contributed by atoms with Gasteiger partial charge in [-0.3, -0.25) is 4.72 Å². The molecule has 0 aliphatic carbocycles. The molecule has 0 aliphatic rings. The minimum Gasteiger partial charge on any atom is -0.397 e. The third kappa shape index (κ3) is 4.89. The summed E-state index contributed by atoms with van der Waals surface area (Å²) in [5.74, 6) is 0. The second-order valence-corrected chi connectivity index (χ2v) is 8.29. The Morgan fingerprint density at radius 2 is 1.75 bits per heavy atom. The van der Waals surface area contributed by atoms with Gasteiger partial charge in [-0.1, -0.05) is 0 Å². The standard InChI is InChI=1S/C9H11F3N2O4S2/c1-19(15,16)5-20(17,18)14-8-3-2-6(4-7(8)13)9(10,11)12/h2-4,14H,5,13H2,1H3. The van der Waals surface area contributed by atoms with Crippen LogP contribution in [0, 0.1) is 0 Å². The van der Waals surface area contributed by atoms with Gasteiger partial charge in [0.1, 0.15) is 0 Å². The Morgan fingerprint density at radius 3 is 2.15 bits per heavy atom. The number of sulfonamides is 1. The Kier molecular flexibility index (Phi) is 4.25. The first-order valence-corrected chi connectivity index (χ1v) is 8.66. The van der Waals surface area contributed by atoms with Crippen molar-refractivity contribution >= 4 is 31.2 Å². The zero-order chi connectivity index (χ0) is 15.8. The summed E-state index contributed by atoms with van der Waals surface area (Å²) < 4.78 is 83.8. The minimum absolute atomic E-state index is 0.318. The number of halogens is 3. The lowest BCUT2D eigenvalue weighted by Crippen LogP contribution is -2.22. The van der Waals surface area contributed by atoms with Gasteiger partial charge in [-0.15, -0.1) is 0 Å². The maximum atomic E-state index is 12.4. The molecule has 0 atom stereocenters. The van der Waals surface area contributed by atoms with Gasteiger partial charge >= 0.3 is 6.18 Å². The zero-order valence-corrected chi connectivity index (χ0v) is 11.7. The average Bonchev–Trinajstić information content (AvgIpc) is 2.15. The van der Waals surface area contributed by atoms with E-state index in [2.05, 4.69) is 0 Å². The fraction of sp³-hybridized carbons (Fsp3) is 0.333. The molecule has 0 spiro atoms. The molecular formula is C9H11F3N2O4S2. The highest BCUT2D eigenvalue weighted by Crippen LogP contribution is 2.33. The van der Waals surface area contributed by atoms with Crippen molar-refractivity contribution < 1.29 is 30.0 Å². The Hall–Kier alpha value is -1.49. The van der Waals surface area contributed by atoms with Gasteiger partial charge in [0.05, 0.1) is 16.9 Å². The predicted octanol–water partition coefficient (Wildman–Crippen LogP) is 1.03. The summed E-state index contributed by atoms with van der Waals surface area (Å²) in [4.78, 5) is 0. The van der Waals surface area contributed by atoms with E-state index in [1.165, 1.54) is 0 Å². The minimum atomic E-state index is -4.61. The highest BCUT2D eigenvalue weighted by Gasteiger charge is 2.31. The molecule has 0 bridgehead atoms. The van der Waals surface area contributed by atoms with Crippen molar-refractivity contribution in [3.05, 3.63) is 23.8 Å². The van der Waals surface area contributed by atoms with Gasteiger partial charge < -0.3 is 5.73 Å². The van der Waals surface area contributed by atoms with Crippen molar-refractivity contribution in [3.8, 4) is 0 Å². The van der Waals surface area contributed by atoms with Gasteiger partial charge in [0.2, 0.25) is 10.0 Å². The number of anilines is 2. The van der Waals surface area contributed by atoms with Crippen molar-refractivity contribution in [1.82, 2.24) is 0 Å². The third-order valence-corrected chi connectivity index (χ3v) is 5.50. The predicted molar refractivity (Wildman–Crippen MR) is 68.1 cm³/mol. The molecule has 0 radical (unpaired) electrons.